The van der Waals surface area contributed by atoms with Crippen molar-refractivity contribution < 1.29 is 44.9 Å². The van der Waals surface area contributed by atoms with Gasteiger partial charge in [-0.1, -0.05) is 97.9 Å². The van der Waals surface area contributed by atoms with Crippen LogP contribution in [0.4, 0.5) is 11.4 Å². The summed E-state index contributed by atoms with van der Waals surface area (Å²) in [5.41, 5.74) is 9.37. The van der Waals surface area contributed by atoms with E-state index in [0.717, 1.165) is 38.4 Å². The second-order valence-corrected chi connectivity index (χ2v) is 11.7. The summed E-state index contributed by atoms with van der Waals surface area (Å²) in [6.07, 6.45) is 1.89. The Morgan fingerprint density at radius 2 is 0.976 bits per heavy atom. The molecule has 0 aliphatic heterocycles. The summed E-state index contributed by atoms with van der Waals surface area (Å²) in [4.78, 5) is 7.13. The smallest absolute Gasteiger partial charge is 1.00 e. The Labute approximate surface area is 276 Å². The minimum Gasteiger partial charge on any atom is -1.00 e. The van der Waals surface area contributed by atoms with Crippen LogP contribution >= 0.6 is 0 Å². The third-order valence-electron chi connectivity index (χ3n) is 7.32. The second kappa shape index (κ2) is 19.5. The topological polar surface area (TPSA) is 40.2 Å². The van der Waals surface area contributed by atoms with Crippen molar-refractivity contribution in [1.29, 1.82) is 0 Å². The van der Waals surface area contributed by atoms with Gasteiger partial charge in [0.2, 0.25) is 0 Å². The molecule has 1 aromatic heterocycles. The van der Waals surface area contributed by atoms with Gasteiger partial charge in [0.05, 0.1) is 5.69 Å². The average molecular weight is 778 g/mol. The number of anilines is 2. The molecule has 7 heteroatoms. The second-order valence-electron chi connectivity index (χ2n) is 11.7. The Morgan fingerprint density at radius 3 is 1.29 bits per heavy atom. The summed E-state index contributed by atoms with van der Waals surface area (Å²) in [7, 11) is 0. The number of hydrogen-bond donors (Lipinski definition) is 2. The summed E-state index contributed by atoms with van der Waals surface area (Å²) in [6, 6.07) is 19.7. The molecule has 0 bridgehead atoms. The zero-order chi connectivity index (χ0) is 27.7. The van der Waals surface area contributed by atoms with E-state index in [2.05, 4.69) is 124 Å². The fourth-order valence-electron chi connectivity index (χ4n) is 5.18. The minimum atomic E-state index is 0. The number of nitrogens with zero attached hydrogens (tertiary/aromatic N) is 2. The van der Waals surface area contributed by atoms with Crippen molar-refractivity contribution in [3.63, 3.8) is 0 Å². The van der Waals surface area contributed by atoms with Gasteiger partial charge in [-0.05, 0) is 58.1 Å². The van der Waals surface area contributed by atoms with Crippen LogP contribution < -0.4 is 35.4 Å². The number of halogens is 2. The molecule has 0 atom stereocenters. The molecule has 0 aliphatic carbocycles. The van der Waals surface area contributed by atoms with Crippen molar-refractivity contribution in [1.82, 2.24) is 9.88 Å². The molecule has 1 heterocycles. The molecule has 0 saturated carbocycles. The van der Waals surface area contributed by atoms with Gasteiger partial charge >= 0.3 is 20.1 Å². The number of rotatable bonds is 14. The van der Waals surface area contributed by atoms with E-state index >= 15 is 0 Å². The van der Waals surface area contributed by atoms with Crippen molar-refractivity contribution in [3.05, 3.63) is 88.7 Å². The molecule has 0 amide bonds. The fourth-order valence-corrected chi connectivity index (χ4v) is 5.18. The summed E-state index contributed by atoms with van der Waals surface area (Å²) in [6.45, 7) is 22.8. The standard InChI is InChI=1S/C34H50N4.2ClH.Ir/c1-24(2)29-14-11-15-30(25(3)4)33(29)36-19-21-38(23-28-13-9-10-18-35-28)22-20-37-34-31(26(5)6)16-12-17-32(34)27(7)8;;;/h9-18,24-27,36-37H,19-23H2,1-8H3;2*1H;/q;;;+2/p-2. The Bertz CT molecular complexity index is 1010. The van der Waals surface area contributed by atoms with Crippen LogP contribution in [0, 0.1) is 0 Å². The third kappa shape index (κ3) is 11.5. The Morgan fingerprint density at radius 1 is 0.585 bits per heavy atom. The van der Waals surface area contributed by atoms with E-state index in [1.54, 1.807) is 0 Å². The van der Waals surface area contributed by atoms with E-state index in [9.17, 15) is 0 Å². The molecule has 1 radical (unpaired) electrons. The molecule has 41 heavy (non-hydrogen) atoms. The summed E-state index contributed by atoms with van der Waals surface area (Å²) >= 11 is 0. The molecule has 0 aliphatic rings. The molecule has 2 aromatic carbocycles. The van der Waals surface area contributed by atoms with Gasteiger partial charge in [-0.2, -0.15) is 0 Å². The molecule has 0 unspecified atom stereocenters. The van der Waals surface area contributed by atoms with Gasteiger partial charge in [0.1, 0.15) is 0 Å². The number of hydrogen-bond acceptors (Lipinski definition) is 4. The maximum atomic E-state index is 4.62. The molecule has 229 valence electrons. The molecule has 3 rings (SSSR count). The number of para-hydroxylation sites is 2. The number of aromatic nitrogens is 1. The van der Waals surface area contributed by atoms with Crippen LogP contribution in [0.2, 0.25) is 0 Å². The molecule has 0 saturated heterocycles. The zero-order valence-electron chi connectivity index (χ0n) is 26.1. The van der Waals surface area contributed by atoms with Gasteiger partial charge in [-0.3, -0.25) is 9.88 Å². The number of benzene rings is 2. The van der Waals surface area contributed by atoms with Gasteiger partial charge < -0.3 is 35.4 Å². The molecular weight excluding hydrogens is 728 g/mol. The van der Waals surface area contributed by atoms with Gasteiger partial charge in [0, 0.05) is 50.3 Å². The first-order valence-corrected chi connectivity index (χ1v) is 14.5. The predicted octanol–water partition coefficient (Wildman–Crippen LogP) is 2.61. The SMILES string of the molecule is CC(C)c1cccc(C(C)C)c1NCCN(CCNc1c(C(C)C)cccc1C(C)C)Cc1ccccn1.[Cl-].[Cl-].[Ir+2]. The van der Waals surface area contributed by atoms with Crippen LogP contribution in [0.1, 0.15) is 107 Å². The summed E-state index contributed by atoms with van der Waals surface area (Å²) in [5, 5.41) is 7.67. The van der Waals surface area contributed by atoms with Gasteiger partial charge in [0.15, 0.2) is 0 Å². The van der Waals surface area contributed by atoms with Crippen molar-refractivity contribution in [3.8, 4) is 0 Å². The van der Waals surface area contributed by atoms with Crippen LogP contribution in [-0.2, 0) is 26.7 Å². The first-order chi connectivity index (χ1) is 18.2. The third-order valence-corrected chi connectivity index (χ3v) is 7.32. The van der Waals surface area contributed by atoms with E-state index in [1.165, 1.54) is 33.6 Å². The van der Waals surface area contributed by atoms with Gasteiger partial charge in [-0.25, -0.2) is 0 Å². The van der Waals surface area contributed by atoms with Crippen molar-refractivity contribution in [2.75, 3.05) is 36.8 Å². The average Bonchev–Trinajstić information content (AvgIpc) is 2.88. The van der Waals surface area contributed by atoms with Gasteiger partial charge in [-0.15, -0.1) is 0 Å². The molecule has 0 fully saturated rings. The van der Waals surface area contributed by atoms with Crippen LogP contribution in [0.15, 0.2) is 60.8 Å². The van der Waals surface area contributed by atoms with E-state index in [-0.39, 0.29) is 44.9 Å². The molecule has 4 nitrogen and oxygen atoms in total. The van der Waals surface area contributed by atoms with Crippen LogP contribution in [-0.4, -0.2) is 36.1 Å². The maximum absolute atomic E-state index is 4.62. The molecular formula is C34H50Cl2IrN4. The van der Waals surface area contributed by atoms with Crippen LogP contribution in [0.25, 0.3) is 0 Å². The quantitative estimate of drug-likeness (QED) is 0.265. The summed E-state index contributed by atoms with van der Waals surface area (Å²) in [5.74, 6) is 1.95. The van der Waals surface area contributed by atoms with E-state index < -0.39 is 0 Å². The first kappa shape index (κ1) is 39.4. The largest absolute Gasteiger partial charge is 2.00 e. The minimum absolute atomic E-state index is 0. The van der Waals surface area contributed by atoms with Crippen LogP contribution in [0.5, 0.6) is 0 Å². The Kier molecular flexibility index (Phi) is 18.8. The van der Waals surface area contributed by atoms with E-state index in [4.69, 9.17) is 0 Å². The van der Waals surface area contributed by atoms with E-state index in [0.29, 0.717) is 23.7 Å². The molecule has 2 N–H and O–H groups in total. The van der Waals surface area contributed by atoms with E-state index in [1.807, 2.05) is 12.3 Å². The Hall–Kier alpha value is -1.62. The van der Waals surface area contributed by atoms with Crippen molar-refractivity contribution in [2.45, 2.75) is 85.6 Å². The molecule has 0 spiro atoms. The van der Waals surface area contributed by atoms with Crippen LogP contribution in [0.3, 0.4) is 0 Å². The summed E-state index contributed by atoms with van der Waals surface area (Å²) < 4.78 is 0. The monoisotopic (exact) mass is 777 g/mol. The predicted molar refractivity (Wildman–Crippen MR) is 166 cm³/mol. The number of nitrogens with one attached hydrogen (secondary N) is 2. The fraction of sp³-hybridized carbons (Fsp3) is 0.500. The maximum Gasteiger partial charge on any atom is 2.00 e. The number of pyridine rings is 1. The Balaban J connectivity index is 0.00000533. The van der Waals surface area contributed by atoms with Gasteiger partial charge in [0.25, 0.3) is 0 Å². The first-order valence-electron chi connectivity index (χ1n) is 14.5. The molecule has 3 aromatic rings. The normalized spacial score (nSPS) is 11.0. The van der Waals surface area contributed by atoms with Crippen molar-refractivity contribution >= 4 is 11.4 Å². The van der Waals surface area contributed by atoms with Crippen molar-refractivity contribution in [2.24, 2.45) is 0 Å². The zero-order valence-corrected chi connectivity index (χ0v) is 30.0.